The maximum absolute atomic E-state index is 5.96. The van der Waals surface area contributed by atoms with Crippen LogP contribution < -0.4 is 5.73 Å². The van der Waals surface area contributed by atoms with Crippen molar-refractivity contribution in [2.24, 2.45) is 0 Å². The third-order valence-electron chi connectivity index (χ3n) is 3.25. The van der Waals surface area contributed by atoms with Gasteiger partial charge in [0, 0.05) is 35.8 Å². The van der Waals surface area contributed by atoms with Crippen LogP contribution in [0.2, 0.25) is 0 Å². The van der Waals surface area contributed by atoms with Crippen LogP contribution in [0.25, 0.3) is 0 Å². The van der Waals surface area contributed by atoms with Gasteiger partial charge in [-0.15, -0.1) is 0 Å². The highest BCUT2D eigenvalue weighted by atomic mass is 32.2. The number of benzene rings is 1. The third-order valence-corrected chi connectivity index (χ3v) is 4.55. The summed E-state index contributed by atoms with van der Waals surface area (Å²) in [6.07, 6.45) is 0. The molecule has 94 valence electrons. The second kappa shape index (κ2) is 4.91. The molecule has 1 fully saturated rings. The van der Waals surface area contributed by atoms with Crippen LogP contribution >= 0.6 is 11.8 Å². The van der Waals surface area contributed by atoms with Crippen molar-refractivity contribution in [3.8, 4) is 0 Å². The van der Waals surface area contributed by atoms with Crippen molar-refractivity contribution in [2.45, 2.75) is 32.1 Å². The average Bonchev–Trinajstić information content (AvgIpc) is 2.22. The summed E-state index contributed by atoms with van der Waals surface area (Å²) in [6, 6.07) is 6.43. The molecule has 0 unspecified atom stereocenters. The Hall–Kier alpha value is -0.670. The topological polar surface area (TPSA) is 29.3 Å². The standard InChI is InChI=1S/C14H22N2S/c1-11-4-5-12(8-13(11)15)9-16-6-7-17-14(2,3)10-16/h4-5,8H,6-7,9-10,15H2,1-3H3. The highest BCUT2D eigenvalue weighted by molar-refractivity contribution is 8.00. The summed E-state index contributed by atoms with van der Waals surface area (Å²) in [5, 5.41) is 0. The van der Waals surface area contributed by atoms with E-state index in [2.05, 4.69) is 55.6 Å². The molecule has 0 aliphatic carbocycles. The van der Waals surface area contributed by atoms with E-state index in [4.69, 9.17) is 5.73 Å². The zero-order valence-corrected chi connectivity index (χ0v) is 11.8. The lowest BCUT2D eigenvalue weighted by atomic mass is 10.1. The molecule has 2 N–H and O–H groups in total. The van der Waals surface area contributed by atoms with Gasteiger partial charge in [-0.1, -0.05) is 12.1 Å². The predicted octanol–water partition coefficient (Wildman–Crippen LogP) is 2.90. The first-order valence-corrected chi connectivity index (χ1v) is 7.16. The van der Waals surface area contributed by atoms with E-state index in [0.29, 0.717) is 4.75 Å². The van der Waals surface area contributed by atoms with Gasteiger partial charge >= 0.3 is 0 Å². The lowest BCUT2D eigenvalue weighted by Gasteiger charge is -2.37. The minimum absolute atomic E-state index is 0.383. The van der Waals surface area contributed by atoms with Crippen molar-refractivity contribution in [1.29, 1.82) is 0 Å². The van der Waals surface area contributed by atoms with Crippen molar-refractivity contribution in [3.05, 3.63) is 29.3 Å². The Kier molecular flexibility index (Phi) is 3.69. The average molecular weight is 250 g/mol. The normalized spacial score (nSPS) is 20.4. The van der Waals surface area contributed by atoms with E-state index in [0.717, 1.165) is 18.8 Å². The van der Waals surface area contributed by atoms with Crippen molar-refractivity contribution < 1.29 is 0 Å². The molecule has 2 nitrogen and oxygen atoms in total. The van der Waals surface area contributed by atoms with E-state index >= 15 is 0 Å². The van der Waals surface area contributed by atoms with Crippen LogP contribution in [-0.2, 0) is 6.54 Å². The van der Waals surface area contributed by atoms with Crippen LogP contribution in [0, 0.1) is 6.92 Å². The molecule has 0 radical (unpaired) electrons. The van der Waals surface area contributed by atoms with Gasteiger partial charge in [-0.25, -0.2) is 0 Å². The van der Waals surface area contributed by atoms with Crippen LogP contribution in [0.4, 0.5) is 5.69 Å². The predicted molar refractivity (Wildman–Crippen MR) is 77.4 cm³/mol. The molecule has 1 aliphatic rings. The number of hydrogen-bond acceptors (Lipinski definition) is 3. The largest absolute Gasteiger partial charge is 0.399 e. The smallest absolute Gasteiger partial charge is 0.0346 e. The van der Waals surface area contributed by atoms with Gasteiger partial charge in [0.15, 0.2) is 0 Å². The van der Waals surface area contributed by atoms with E-state index in [1.165, 1.54) is 23.4 Å². The number of nitrogens with zero attached hydrogens (tertiary/aromatic N) is 1. The van der Waals surface area contributed by atoms with Crippen molar-refractivity contribution in [1.82, 2.24) is 4.90 Å². The maximum Gasteiger partial charge on any atom is 0.0346 e. The summed E-state index contributed by atoms with van der Waals surface area (Å²) >= 11 is 2.07. The van der Waals surface area contributed by atoms with Gasteiger partial charge in [0.05, 0.1) is 0 Å². The van der Waals surface area contributed by atoms with Crippen LogP contribution in [0.1, 0.15) is 25.0 Å². The van der Waals surface area contributed by atoms with E-state index in [9.17, 15) is 0 Å². The van der Waals surface area contributed by atoms with Crippen LogP contribution in [0.3, 0.4) is 0 Å². The Morgan fingerprint density at radius 1 is 1.41 bits per heavy atom. The summed E-state index contributed by atoms with van der Waals surface area (Å²) in [5.74, 6) is 1.23. The summed E-state index contributed by atoms with van der Waals surface area (Å²) in [5.41, 5.74) is 9.37. The van der Waals surface area contributed by atoms with Gasteiger partial charge in [-0.05, 0) is 38.0 Å². The SMILES string of the molecule is Cc1ccc(CN2CCSC(C)(C)C2)cc1N. The van der Waals surface area contributed by atoms with Gasteiger partial charge in [-0.2, -0.15) is 11.8 Å². The summed E-state index contributed by atoms with van der Waals surface area (Å²) in [7, 11) is 0. The molecule has 1 heterocycles. The van der Waals surface area contributed by atoms with Gasteiger partial charge in [0.2, 0.25) is 0 Å². The zero-order chi connectivity index (χ0) is 12.5. The summed E-state index contributed by atoms with van der Waals surface area (Å²) in [4.78, 5) is 2.53. The van der Waals surface area contributed by atoms with E-state index in [1.807, 2.05) is 0 Å². The first-order chi connectivity index (χ1) is 7.96. The molecule has 17 heavy (non-hydrogen) atoms. The van der Waals surface area contributed by atoms with Gasteiger partial charge in [0.1, 0.15) is 0 Å². The molecule has 0 atom stereocenters. The van der Waals surface area contributed by atoms with Crippen molar-refractivity contribution in [2.75, 3.05) is 24.6 Å². The second-order valence-electron chi connectivity index (χ2n) is 5.51. The molecule has 1 aliphatic heterocycles. The Morgan fingerprint density at radius 2 is 2.18 bits per heavy atom. The second-order valence-corrected chi connectivity index (χ2v) is 7.31. The molecular formula is C14H22N2S. The quantitative estimate of drug-likeness (QED) is 0.818. The molecule has 0 saturated carbocycles. The van der Waals surface area contributed by atoms with Crippen LogP contribution in [0.5, 0.6) is 0 Å². The lowest BCUT2D eigenvalue weighted by molar-refractivity contribution is 0.252. The number of thioether (sulfide) groups is 1. The Bertz CT molecular complexity index is 401. The van der Waals surface area contributed by atoms with Crippen molar-refractivity contribution in [3.63, 3.8) is 0 Å². The Labute approximate surface area is 109 Å². The Morgan fingerprint density at radius 3 is 2.82 bits per heavy atom. The fourth-order valence-corrected chi connectivity index (χ4v) is 3.47. The van der Waals surface area contributed by atoms with Crippen molar-refractivity contribution >= 4 is 17.4 Å². The number of anilines is 1. The molecule has 0 bridgehead atoms. The zero-order valence-electron chi connectivity index (χ0n) is 11.0. The fraction of sp³-hybridized carbons (Fsp3) is 0.571. The first-order valence-electron chi connectivity index (χ1n) is 6.18. The van der Waals surface area contributed by atoms with E-state index < -0.39 is 0 Å². The number of rotatable bonds is 2. The molecule has 0 spiro atoms. The number of hydrogen-bond donors (Lipinski definition) is 1. The molecule has 0 amide bonds. The van der Waals surface area contributed by atoms with Crippen LogP contribution in [-0.4, -0.2) is 28.5 Å². The molecule has 0 aromatic heterocycles. The number of nitrogen functional groups attached to an aromatic ring is 1. The molecule has 1 saturated heterocycles. The number of nitrogens with two attached hydrogens (primary N) is 1. The lowest BCUT2D eigenvalue weighted by Crippen LogP contribution is -2.42. The van der Waals surface area contributed by atoms with E-state index in [1.54, 1.807) is 0 Å². The number of aryl methyl sites for hydroxylation is 1. The molecule has 2 rings (SSSR count). The third kappa shape index (κ3) is 3.39. The summed E-state index contributed by atoms with van der Waals surface area (Å²) < 4.78 is 0.383. The van der Waals surface area contributed by atoms with Crippen LogP contribution in [0.15, 0.2) is 18.2 Å². The highest BCUT2D eigenvalue weighted by Gasteiger charge is 2.26. The molecule has 3 heteroatoms. The molecular weight excluding hydrogens is 228 g/mol. The first kappa shape index (κ1) is 12.8. The molecule has 1 aromatic rings. The van der Waals surface area contributed by atoms with Gasteiger partial charge in [-0.3, -0.25) is 4.90 Å². The summed E-state index contributed by atoms with van der Waals surface area (Å²) in [6.45, 7) is 10.1. The van der Waals surface area contributed by atoms with Gasteiger partial charge < -0.3 is 5.73 Å². The van der Waals surface area contributed by atoms with Gasteiger partial charge in [0.25, 0.3) is 0 Å². The highest BCUT2D eigenvalue weighted by Crippen LogP contribution is 2.30. The maximum atomic E-state index is 5.96. The molecule has 1 aromatic carbocycles. The monoisotopic (exact) mass is 250 g/mol. The fourth-order valence-electron chi connectivity index (χ4n) is 2.30. The minimum atomic E-state index is 0.383. The Balaban J connectivity index is 2.03. The van der Waals surface area contributed by atoms with E-state index in [-0.39, 0.29) is 0 Å². The minimum Gasteiger partial charge on any atom is -0.399 e.